The van der Waals surface area contributed by atoms with Crippen molar-refractivity contribution < 1.29 is 8.42 Å². The fourth-order valence-electron chi connectivity index (χ4n) is 1.56. The average Bonchev–Trinajstić information content (AvgIpc) is 2.37. The van der Waals surface area contributed by atoms with E-state index in [1.165, 1.54) is 5.56 Å². The van der Waals surface area contributed by atoms with Crippen molar-refractivity contribution in [2.45, 2.75) is 33.1 Å². The molecular formula is C13H22N2O2S. The van der Waals surface area contributed by atoms with Crippen LogP contribution in [-0.4, -0.2) is 21.5 Å². The summed E-state index contributed by atoms with van der Waals surface area (Å²) in [5.74, 6) is 0. The van der Waals surface area contributed by atoms with E-state index in [-0.39, 0.29) is 0 Å². The van der Waals surface area contributed by atoms with E-state index in [9.17, 15) is 8.42 Å². The molecule has 18 heavy (non-hydrogen) atoms. The quantitative estimate of drug-likeness (QED) is 0.754. The first kappa shape index (κ1) is 15.1. The smallest absolute Gasteiger partial charge is 0.202 e. The van der Waals surface area contributed by atoms with Crippen LogP contribution in [0.4, 0.5) is 0 Å². The van der Waals surface area contributed by atoms with Crippen molar-refractivity contribution in [3.8, 4) is 0 Å². The molecule has 0 aliphatic heterocycles. The highest BCUT2D eigenvalue weighted by molar-refractivity contribution is 7.87. The monoisotopic (exact) mass is 270 g/mol. The molecule has 0 heterocycles. The van der Waals surface area contributed by atoms with E-state index in [2.05, 4.69) is 28.5 Å². The molecule has 0 amide bonds. The molecule has 0 atom stereocenters. The Balaban J connectivity index is 2.36. The van der Waals surface area contributed by atoms with Gasteiger partial charge in [-0.25, -0.2) is 9.44 Å². The van der Waals surface area contributed by atoms with Gasteiger partial charge in [-0.2, -0.15) is 8.42 Å². The van der Waals surface area contributed by atoms with E-state index < -0.39 is 10.2 Å². The second-order valence-electron chi connectivity index (χ2n) is 4.21. The lowest BCUT2D eigenvalue weighted by Crippen LogP contribution is -2.37. The van der Waals surface area contributed by atoms with Crippen LogP contribution in [0, 0.1) is 0 Å². The van der Waals surface area contributed by atoms with Gasteiger partial charge < -0.3 is 0 Å². The first-order valence-corrected chi connectivity index (χ1v) is 7.87. The fourth-order valence-corrected chi connectivity index (χ4v) is 2.50. The molecule has 1 rings (SSSR count). The van der Waals surface area contributed by atoms with Gasteiger partial charge in [0.2, 0.25) is 0 Å². The van der Waals surface area contributed by atoms with Crippen LogP contribution in [0.3, 0.4) is 0 Å². The van der Waals surface area contributed by atoms with Crippen LogP contribution in [0.25, 0.3) is 0 Å². The summed E-state index contributed by atoms with van der Waals surface area (Å²) >= 11 is 0. The normalized spacial score (nSPS) is 11.7. The molecule has 2 N–H and O–H groups in total. The van der Waals surface area contributed by atoms with Gasteiger partial charge in [0, 0.05) is 13.1 Å². The van der Waals surface area contributed by atoms with Crippen LogP contribution in [-0.2, 0) is 23.1 Å². The summed E-state index contributed by atoms with van der Waals surface area (Å²) < 4.78 is 27.9. The Bertz CT molecular complexity index is 441. The van der Waals surface area contributed by atoms with Crippen molar-refractivity contribution in [2.24, 2.45) is 0 Å². The summed E-state index contributed by atoms with van der Waals surface area (Å²) in [6.45, 7) is 4.94. The Morgan fingerprint density at radius 3 is 2.06 bits per heavy atom. The van der Waals surface area contributed by atoms with Gasteiger partial charge in [0.05, 0.1) is 0 Å². The molecular weight excluding hydrogens is 248 g/mol. The Hall–Kier alpha value is -0.910. The molecule has 102 valence electrons. The standard InChI is InChI=1S/C13H22N2O2S/c1-3-10-14-18(16,17)15-11-9-13-7-5-12(4-2)6-8-13/h5-8,14-15H,3-4,9-11H2,1-2H3. The second kappa shape index (κ2) is 7.51. The zero-order valence-electron chi connectivity index (χ0n) is 11.1. The van der Waals surface area contributed by atoms with E-state index in [0.717, 1.165) is 18.4 Å². The molecule has 0 fully saturated rings. The minimum Gasteiger partial charge on any atom is -0.202 e. The predicted octanol–water partition coefficient (Wildman–Crippen LogP) is 1.63. The molecule has 0 bridgehead atoms. The topological polar surface area (TPSA) is 58.2 Å². The first-order chi connectivity index (χ1) is 8.57. The molecule has 0 spiro atoms. The molecule has 5 heteroatoms. The lowest BCUT2D eigenvalue weighted by molar-refractivity contribution is 0.566. The number of nitrogens with one attached hydrogen (secondary N) is 2. The number of rotatable bonds is 8. The Labute approximate surface area is 110 Å². The van der Waals surface area contributed by atoms with E-state index in [1.807, 2.05) is 19.1 Å². The lowest BCUT2D eigenvalue weighted by Gasteiger charge is -2.07. The van der Waals surface area contributed by atoms with Crippen LogP contribution in [0.15, 0.2) is 24.3 Å². The van der Waals surface area contributed by atoms with Crippen molar-refractivity contribution in [3.63, 3.8) is 0 Å². The third kappa shape index (κ3) is 5.62. The number of hydrogen-bond acceptors (Lipinski definition) is 2. The van der Waals surface area contributed by atoms with E-state index >= 15 is 0 Å². The maximum Gasteiger partial charge on any atom is 0.276 e. The maximum absolute atomic E-state index is 11.5. The van der Waals surface area contributed by atoms with Crippen LogP contribution in [0.2, 0.25) is 0 Å². The van der Waals surface area contributed by atoms with Crippen LogP contribution < -0.4 is 9.44 Å². The molecule has 1 aromatic carbocycles. The van der Waals surface area contributed by atoms with Crippen molar-refractivity contribution in [1.29, 1.82) is 0 Å². The average molecular weight is 270 g/mol. The van der Waals surface area contributed by atoms with Gasteiger partial charge in [0.25, 0.3) is 10.2 Å². The van der Waals surface area contributed by atoms with Crippen LogP contribution in [0.5, 0.6) is 0 Å². The summed E-state index contributed by atoms with van der Waals surface area (Å²) in [6.07, 6.45) is 2.52. The Morgan fingerprint density at radius 1 is 0.944 bits per heavy atom. The number of benzene rings is 1. The molecule has 0 aliphatic carbocycles. The summed E-state index contributed by atoms with van der Waals surface area (Å²) in [7, 11) is -3.33. The van der Waals surface area contributed by atoms with Gasteiger partial charge in [0.1, 0.15) is 0 Å². The SMILES string of the molecule is CCCNS(=O)(=O)NCCc1ccc(CC)cc1. The van der Waals surface area contributed by atoms with Gasteiger partial charge in [-0.3, -0.25) is 0 Å². The van der Waals surface area contributed by atoms with Crippen molar-refractivity contribution in [3.05, 3.63) is 35.4 Å². The molecule has 1 aromatic rings. The summed E-state index contributed by atoms with van der Waals surface area (Å²) in [6, 6.07) is 8.26. The molecule has 0 aliphatic rings. The number of aryl methyl sites for hydroxylation is 1. The van der Waals surface area contributed by atoms with Gasteiger partial charge in [0.15, 0.2) is 0 Å². The summed E-state index contributed by atoms with van der Waals surface area (Å²) in [5.41, 5.74) is 2.44. The number of hydrogen-bond donors (Lipinski definition) is 2. The minimum atomic E-state index is -3.33. The van der Waals surface area contributed by atoms with Crippen LogP contribution in [0.1, 0.15) is 31.4 Å². The third-order valence-electron chi connectivity index (χ3n) is 2.68. The highest BCUT2D eigenvalue weighted by Crippen LogP contribution is 2.05. The molecule has 0 saturated carbocycles. The van der Waals surface area contributed by atoms with Gasteiger partial charge >= 0.3 is 0 Å². The first-order valence-electron chi connectivity index (χ1n) is 6.39. The zero-order valence-corrected chi connectivity index (χ0v) is 11.9. The predicted molar refractivity (Wildman–Crippen MR) is 74.7 cm³/mol. The molecule has 0 radical (unpaired) electrons. The molecule has 4 nitrogen and oxygen atoms in total. The van der Waals surface area contributed by atoms with E-state index in [0.29, 0.717) is 19.5 Å². The second-order valence-corrected chi connectivity index (χ2v) is 5.80. The van der Waals surface area contributed by atoms with Crippen LogP contribution >= 0.6 is 0 Å². The summed E-state index contributed by atoms with van der Waals surface area (Å²) in [5, 5.41) is 0. The molecule has 0 unspecified atom stereocenters. The Morgan fingerprint density at radius 2 is 1.50 bits per heavy atom. The maximum atomic E-state index is 11.5. The van der Waals surface area contributed by atoms with Crippen molar-refractivity contribution >= 4 is 10.2 Å². The molecule has 0 aromatic heterocycles. The van der Waals surface area contributed by atoms with Crippen molar-refractivity contribution in [1.82, 2.24) is 9.44 Å². The lowest BCUT2D eigenvalue weighted by atomic mass is 10.1. The molecule has 0 saturated heterocycles. The fraction of sp³-hybridized carbons (Fsp3) is 0.538. The van der Waals surface area contributed by atoms with Gasteiger partial charge in [-0.15, -0.1) is 0 Å². The van der Waals surface area contributed by atoms with Crippen molar-refractivity contribution in [2.75, 3.05) is 13.1 Å². The highest BCUT2D eigenvalue weighted by Gasteiger charge is 2.06. The highest BCUT2D eigenvalue weighted by atomic mass is 32.2. The van der Waals surface area contributed by atoms with E-state index in [4.69, 9.17) is 0 Å². The van der Waals surface area contributed by atoms with Gasteiger partial charge in [-0.05, 0) is 30.4 Å². The van der Waals surface area contributed by atoms with E-state index in [1.54, 1.807) is 0 Å². The Kier molecular flexibility index (Phi) is 6.32. The van der Waals surface area contributed by atoms with Gasteiger partial charge in [-0.1, -0.05) is 38.1 Å². The third-order valence-corrected chi connectivity index (χ3v) is 3.85. The summed E-state index contributed by atoms with van der Waals surface area (Å²) in [4.78, 5) is 0. The largest absolute Gasteiger partial charge is 0.276 e. The zero-order chi connectivity index (χ0) is 13.4. The minimum absolute atomic E-state index is 0.421.